The van der Waals surface area contributed by atoms with Crippen molar-refractivity contribution in [3.8, 4) is 12.3 Å². The van der Waals surface area contributed by atoms with E-state index in [9.17, 15) is 19.2 Å². The Bertz CT molecular complexity index is 1200. The van der Waals surface area contributed by atoms with Gasteiger partial charge in [-0.3, -0.25) is 4.79 Å². The van der Waals surface area contributed by atoms with E-state index < -0.39 is 29.2 Å². The van der Waals surface area contributed by atoms with Gasteiger partial charge in [0.1, 0.15) is 17.2 Å². The maximum Gasteiger partial charge on any atom is 0.373 e. The predicted molar refractivity (Wildman–Crippen MR) is 170 cm³/mol. The van der Waals surface area contributed by atoms with Gasteiger partial charge in [-0.05, 0) is 90.8 Å². The quantitative estimate of drug-likeness (QED) is 0.143. The molecule has 4 amide bonds. The monoisotopic (exact) mass is 630 g/mol. The van der Waals surface area contributed by atoms with Crippen LogP contribution in [0.4, 0.5) is 15.3 Å². The highest BCUT2D eigenvalue weighted by Gasteiger charge is 2.31. The second-order valence-corrected chi connectivity index (χ2v) is 13.4. The summed E-state index contributed by atoms with van der Waals surface area (Å²) >= 11 is 0. The van der Waals surface area contributed by atoms with Gasteiger partial charge in [0.2, 0.25) is 0 Å². The van der Waals surface area contributed by atoms with E-state index in [-0.39, 0.29) is 36.0 Å². The van der Waals surface area contributed by atoms with Crippen molar-refractivity contribution in [1.29, 1.82) is 0 Å². The molecule has 12 nitrogen and oxygen atoms in total. The number of carbonyl (C=O) groups excluding carboxylic acids is 6. The van der Waals surface area contributed by atoms with Crippen LogP contribution in [0.5, 0.6) is 0 Å². The zero-order valence-electron chi connectivity index (χ0n) is 28.1. The third kappa shape index (κ3) is 20.3. The van der Waals surface area contributed by atoms with Crippen molar-refractivity contribution < 1.29 is 38.2 Å². The van der Waals surface area contributed by atoms with Gasteiger partial charge in [0.15, 0.2) is 0 Å². The minimum absolute atomic E-state index is 0.144. The van der Waals surface area contributed by atoms with Gasteiger partial charge in [-0.1, -0.05) is 32.8 Å². The highest BCUT2D eigenvalue weighted by Crippen LogP contribution is 2.24. The average molecular weight is 631 g/mol. The second kappa shape index (κ2) is 19.1. The number of rotatable bonds is 12. The highest BCUT2D eigenvalue weighted by molar-refractivity contribution is 5.89. The molecule has 0 aliphatic carbocycles. The summed E-state index contributed by atoms with van der Waals surface area (Å²) in [5.41, 5.74) is -0.426. The molecule has 1 aromatic rings. The minimum Gasteiger partial charge on any atom is -0.460 e. The molecular weight excluding hydrogens is 580 g/mol. The molecule has 45 heavy (non-hydrogen) atoms. The second-order valence-electron chi connectivity index (χ2n) is 13.4. The molecule has 4 N–H and O–H groups in total. The number of terminal acetylenes is 1. The summed E-state index contributed by atoms with van der Waals surface area (Å²) in [4.78, 5) is 66.7. The number of nitrogens with one attached hydrogen (secondary N) is 4. The van der Waals surface area contributed by atoms with E-state index in [1.54, 1.807) is 65.8 Å². The molecule has 0 bridgehead atoms. The lowest BCUT2D eigenvalue weighted by atomic mass is 9.84. The Morgan fingerprint density at radius 1 is 0.844 bits per heavy atom. The Morgan fingerprint density at radius 2 is 1.44 bits per heavy atom. The van der Waals surface area contributed by atoms with Crippen molar-refractivity contribution in [2.75, 3.05) is 11.9 Å². The number of hydrogen-bond donors (Lipinski definition) is 4. The van der Waals surface area contributed by atoms with Crippen LogP contribution in [0.15, 0.2) is 24.3 Å². The molecule has 1 rings (SSSR count). The van der Waals surface area contributed by atoms with Gasteiger partial charge in [-0.2, -0.15) is 9.59 Å². The van der Waals surface area contributed by atoms with E-state index in [1.807, 2.05) is 20.8 Å². The Kier molecular flexibility index (Phi) is 17.3. The van der Waals surface area contributed by atoms with Gasteiger partial charge in [-0.25, -0.2) is 14.4 Å². The average Bonchev–Trinajstić information content (AvgIpc) is 2.88. The van der Waals surface area contributed by atoms with Crippen LogP contribution < -0.4 is 21.3 Å². The molecule has 0 aliphatic heterocycles. The summed E-state index contributed by atoms with van der Waals surface area (Å²) in [6.45, 7) is 17.0. The minimum atomic E-state index is -0.893. The van der Waals surface area contributed by atoms with Crippen molar-refractivity contribution in [2.45, 2.75) is 118 Å². The molecule has 0 fully saturated rings. The third-order valence-electron chi connectivity index (χ3n) is 5.90. The summed E-state index contributed by atoms with van der Waals surface area (Å²) < 4.78 is 10.9. The lowest BCUT2D eigenvalue weighted by Gasteiger charge is -2.32. The van der Waals surface area contributed by atoms with Crippen LogP contribution in [0.2, 0.25) is 0 Å². The molecule has 0 spiro atoms. The third-order valence-corrected chi connectivity index (χ3v) is 5.90. The summed E-state index contributed by atoms with van der Waals surface area (Å²) in [6, 6.07) is 4.82. The van der Waals surface area contributed by atoms with Gasteiger partial charge in [0, 0.05) is 30.3 Å². The molecule has 0 saturated heterocycles. The number of esters is 2. The van der Waals surface area contributed by atoms with Gasteiger partial charge in [-0.15, -0.1) is 6.42 Å². The maximum atomic E-state index is 13.0. The van der Waals surface area contributed by atoms with Crippen LogP contribution in [-0.2, 0) is 28.7 Å². The first-order chi connectivity index (χ1) is 20.7. The Morgan fingerprint density at radius 3 is 1.98 bits per heavy atom. The van der Waals surface area contributed by atoms with Crippen molar-refractivity contribution in [2.24, 2.45) is 5.41 Å². The molecule has 12 heteroatoms. The maximum absolute atomic E-state index is 13.0. The Balaban J connectivity index is 0.00000618. The fraction of sp³-hybridized carbons (Fsp3) is 0.606. The predicted octanol–water partition coefficient (Wildman–Crippen LogP) is 4.92. The molecule has 0 saturated carbocycles. The first-order valence-electron chi connectivity index (χ1n) is 14.8. The van der Waals surface area contributed by atoms with Crippen LogP contribution in [0, 0.1) is 17.8 Å². The van der Waals surface area contributed by atoms with Crippen LogP contribution in [0.3, 0.4) is 0 Å². The normalized spacial score (nSPS) is 12.4. The zero-order chi connectivity index (χ0) is 34.8. The van der Waals surface area contributed by atoms with E-state index in [4.69, 9.17) is 25.5 Å². The Labute approximate surface area is 267 Å². The number of unbranched alkanes of at least 4 members (excludes halogenated alkanes) is 1. The smallest absolute Gasteiger partial charge is 0.373 e. The first kappa shape index (κ1) is 40.6. The summed E-state index contributed by atoms with van der Waals surface area (Å²) in [5, 5.41) is 11.2. The summed E-state index contributed by atoms with van der Waals surface area (Å²) in [5.74, 6) is 1.64. The van der Waals surface area contributed by atoms with Crippen LogP contribution in [-0.4, -0.2) is 60.0 Å². The summed E-state index contributed by atoms with van der Waals surface area (Å²) in [6.07, 6.45) is 7.60. The van der Waals surface area contributed by atoms with Crippen LogP contribution in [0.1, 0.15) is 100.0 Å². The molecule has 2 atom stereocenters. The largest absolute Gasteiger partial charge is 0.460 e. The number of amides is 4. The molecule has 0 heterocycles. The van der Waals surface area contributed by atoms with Crippen molar-refractivity contribution in [3.63, 3.8) is 0 Å². The van der Waals surface area contributed by atoms with E-state index >= 15 is 0 Å². The van der Waals surface area contributed by atoms with E-state index in [0.29, 0.717) is 43.5 Å². The van der Waals surface area contributed by atoms with E-state index in [0.717, 1.165) is 0 Å². The molecular formula is C33H50N4O8. The van der Waals surface area contributed by atoms with E-state index in [2.05, 4.69) is 27.2 Å². The first-order valence-corrected chi connectivity index (χ1v) is 14.8. The Hall–Kier alpha value is -4.36. The molecule has 0 radical (unpaired) electrons. The van der Waals surface area contributed by atoms with Crippen LogP contribution >= 0.6 is 0 Å². The molecule has 1 aromatic carbocycles. The van der Waals surface area contributed by atoms with Gasteiger partial charge < -0.3 is 30.7 Å². The van der Waals surface area contributed by atoms with Crippen LogP contribution in [0.25, 0.3) is 0 Å². The lowest BCUT2D eigenvalue weighted by Crippen LogP contribution is -2.53. The zero-order valence-corrected chi connectivity index (χ0v) is 28.1. The number of hydrogen-bond acceptors (Lipinski definition) is 8. The van der Waals surface area contributed by atoms with Gasteiger partial charge >= 0.3 is 30.2 Å². The van der Waals surface area contributed by atoms with Gasteiger partial charge in [0.25, 0.3) is 0 Å². The van der Waals surface area contributed by atoms with Crippen molar-refractivity contribution in [3.05, 3.63) is 29.8 Å². The standard InChI is InChI=1S/C32H50N4O6.CO2/c1-11-22-15-14-16-23(21-22)34-28(39)33-20-13-12-17-24(27(38)42-32(8,9)10)35-29(40)36-25(30(2,3)4)18-19-26(37)41-31(5,6)7;2-1-3/h1,14-16,21,24-25H,12-13,17-20H2,2-10H3,(H2,33,34,39)(H2,35,36,40);/t24-,25-;/m0./s1. The molecule has 250 valence electrons. The fourth-order valence-corrected chi connectivity index (χ4v) is 3.89. The number of ether oxygens (including phenoxy) is 2. The van der Waals surface area contributed by atoms with Gasteiger partial charge in [0.05, 0.1) is 0 Å². The number of urea groups is 2. The highest BCUT2D eigenvalue weighted by atomic mass is 16.6. The summed E-state index contributed by atoms with van der Waals surface area (Å²) in [7, 11) is 0. The topological polar surface area (TPSA) is 169 Å². The fourth-order valence-electron chi connectivity index (χ4n) is 3.89. The number of anilines is 1. The lowest BCUT2D eigenvalue weighted by molar-refractivity contribution is -0.191. The SMILES string of the molecule is C#Cc1cccc(NC(=O)NCCCC[C@H](NC(=O)N[C@@H](CCC(=O)OC(C)(C)C)C(C)(C)C)C(=O)OC(C)(C)C)c1.O=C=O. The molecule has 0 aromatic heterocycles. The van der Waals surface area contributed by atoms with Crippen molar-refractivity contribution in [1.82, 2.24) is 16.0 Å². The number of benzene rings is 1. The molecule has 0 unspecified atom stereocenters. The number of carbonyl (C=O) groups is 4. The molecule has 0 aliphatic rings. The van der Waals surface area contributed by atoms with Crippen molar-refractivity contribution >= 4 is 35.8 Å². The van der Waals surface area contributed by atoms with E-state index in [1.165, 1.54) is 0 Å².